The van der Waals surface area contributed by atoms with E-state index in [0.29, 0.717) is 12.3 Å². The molecule has 1 aromatic carbocycles. The number of primary amides is 1. The van der Waals surface area contributed by atoms with Gasteiger partial charge in [0.2, 0.25) is 17.1 Å². The molecule has 1 aliphatic heterocycles. The van der Waals surface area contributed by atoms with E-state index in [9.17, 15) is 14.7 Å². The number of likely N-dealkylation sites (tertiary alicyclic amines) is 1. The standard InChI is InChI=1S/C23H25N3O4/c24-21(28)13-18(15-6-7-19-16(11-15)5-4-8-25-19)23-22(29)20(27)12-17(30-23)14-26-9-2-1-3-10-26/h4-8,11-12,18,29H,1-3,9-10,13-14H2,(H2,24,28)/t18-/m0/s1. The Hall–Kier alpha value is -3.19. The molecule has 1 amide bonds. The molecule has 0 bridgehead atoms. The van der Waals surface area contributed by atoms with Crippen molar-refractivity contribution in [3.05, 3.63) is 69.9 Å². The molecule has 4 rings (SSSR count). The molecule has 7 nitrogen and oxygen atoms in total. The minimum Gasteiger partial charge on any atom is -0.502 e. The van der Waals surface area contributed by atoms with Crippen LogP contribution in [0.4, 0.5) is 0 Å². The van der Waals surface area contributed by atoms with Gasteiger partial charge < -0.3 is 15.3 Å². The van der Waals surface area contributed by atoms with Gasteiger partial charge in [-0.1, -0.05) is 18.6 Å². The van der Waals surface area contributed by atoms with Crippen molar-refractivity contribution >= 4 is 16.8 Å². The molecule has 3 heterocycles. The van der Waals surface area contributed by atoms with Crippen molar-refractivity contribution < 1.29 is 14.3 Å². The lowest BCUT2D eigenvalue weighted by Crippen LogP contribution is -2.29. The first kappa shape index (κ1) is 20.1. The van der Waals surface area contributed by atoms with E-state index in [1.807, 2.05) is 30.3 Å². The van der Waals surface area contributed by atoms with E-state index in [0.717, 1.165) is 42.4 Å². The second-order valence-corrected chi connectivity index (χ2v) is 7.81. The Labute approximate surface area is 174 Å². The fourth-order valence-electron chi connectivity index (χ4n) is 4.08. The number of amides is 1. The van der Waals surface area contributed by atoms with Gasteiger partial charge in [0.25, 0.3) is 0 Å². The maximum absolute atomic E-state index is 12.5. The first-order valence-corrected chi connectivity index (χ1v) is 10.2. The van der Waals surface area contributed by atoms with E-state index in [-0.39, 0.29) is 12.2 Å². The molecular formula is C23H25N3O4. The summed E-state index contributed by atoms with van der Waals surface area (Å²) in [5.41, 5.74) is 6.52. The van der Waals surface area contributed by atoms with Crippen LogP contribution in [0.3, 0.4) is 0 Å². The fourth-order valence-corrected chi connectivity index (χ4v) is 4.08. The third kappa shape index (κ3) is 4.36. The summed E-state index contributed by atoms with van der Waals surface area (Å²) in [6, 6.07) is 10.6. The lowest BCUT2D eigenvalue weighted by atomic mass is 9.91. The van der Waals surface area contributed by atoms with E-state index in [1.165, 1.54) is 12.5 Å². The van der Waals surface area contributed by atoms with Crippen LogP contribution in [0.5, 0.6) is 5.75 Å². The van der Waals surface area contributed by atoms with Gasteiger partial charge in [0.05, 0.1) is 18.0 Å². The highest BCUT2D eigenvalue weighted by atomic mass is 16.4. The molecule has 1 atom stereocenters. The highest BCUT2D eigenvalue weighted by molar-refractivity contribution is 5.80. The van der Waals surface area contributed by atoms with Gasteiger partial charge >= 0.3 is 0 Å². The van der Waals surface area contributed by atoms with Crippen LogP contribution in [0.25, 0.3) is 10.9 Å². The van der Waals surface area contributed by atoms with Crippen molar-refractivity contribution in [2.24, 2.45) is 5.73 Å². The van der Waals surface area contributed by atoms with Crippen LogP contribution in [0.2, 0.25) is 0 Å². The molecule has 3 N–H and O–H groups in total. The number of aromatic hydroxyl groups is 1. The summed E-state index contributed by atoms with van der Waals surface area (Å²) < 4.78 is 6.01. The number of aromatic nitrogens is 1. The summed E-state index contributed by atoms with van der Waals surface area (Å²) in [7, 11) is 0. The SMILES string of the molecule is NC(=O)C[C@@H](c1ccc2ncccc2c1)c1oc(CN2CCCCC2)cc(=O)c1O. The summed E-state index contributed by atoms with van der Waals surface area (Å²) in [6.07, 6.45) is 5.06. The number of benzene rings is 1. The van der Waals surface area contributed by atoms with Crippen LogP contribution in [0.1, 0.15) is 48.7 Å². The topological polar surface area (TPSA) is 110 Å². The lowest BCUT2D eigenvalue weighted by molar-refractivity contribution is -0.118. The van der Waals surface area contributed by atoms with Crippen molar-refractivity contribution in [3.8, 4) is 5.75 Å². The second kappa shape index (κ2) is 8.67. The van der Waals surface area contributed by atoms with Crippen LogP contribution in [0, 0.1) is 0 Å². The molecule has 1 aliphatic rings. The maximum Gasteiger partial charge on any atom is 0.227 e. The third-order valence-electron chi connectivity index (χ3n) is 5.58. The Bertz CT molecular complexity index is 1120. The smallest absolute Gasteiger partial charge is 0.227 e. The zero-order chi connectivity index (χ0) is 21.1. The van der Waals surface area contributed by atoms with Crippen molar-refractivity contribution in [2.45, 2.75) is 38.1 Å². The molecule has 3 aromatic rings. The number of nitrogens with zero attached hydrogens (tertiary/aromatic N) is 2. The third-order valence-corrected chi connectivity index (χ3v) is 5.58. The lowest BCUT2D eigenvalue weighted by Gasteiger charge is -2.26. The van der Waals surface area contributed by atoms with Gasteiger partial charge in [0.1, 0.15) is 5.76 Å². The van der Waals surface area contributed by atoms with Crippen molar-refractivity contribution in [2.75, 3.05) is 13.1 Å². The number of rotatable bonds is 6. The molecule has 0 radical (unpaired) electrons. The molecule has 2 aromatic heterocycles. The normalized spacial score (nSPS) is 15.9. The molecule has 1 fully saturated rings. The zero-order valence-corrected chi connectivity index (χ0v) is 16.7. The predicted molar refractivity (Wildman–Crippen MR) is 113 cm³/mol. The minimum absolute atomic E-state index is 0.0801. The quantitative estimate of drug-likeness (QED) is 0.650. The van der Waals surface area contributed by atoms with Gasteiger partial charge in [0, 0.05) is 24.1 Å². The van der Waals surface area contributed by atoms with Crippen LogP contribution in [-0.2, 0) is 11.3 Å². The highest BCUT2D eigenvalue weighted by Crippen LogP contribution is 2.34. The van der Waals surface area contributed by atoms with Crippen molar-refractivity contribution in [3.63, 3.8) is 0 Å². The van der Waals surface area contributed by atoms with Gasteiger partial charge in [-0.15, -0.1) is 0 Å². The number of piperidine rings is 1. The number of fused-ring (bicyclic) bond motifs is 1. The molecule has 1 saturated heterocycles. The predicted octanol–water partition coefficient (Wildman–Crippen LogP) is 2.89. The maximum atomic E-state index is 12.5. The summed E-state index contributed by atoms with van der Waals surface area (Å²) in [4.78, 5) is 30.8. The Morgan fingerprint density at radius 3 is 2.77 bits per heavy atom. The molecule has 7 heteroatoms. The number of hydrogen-bond acceptors (Lipinski definition) is 6. The van der Waals surface area contributed by atoms with Crippen LogP contribution in [0.15, 0.2) is 51.8 Å². The molecule has 156 valence electrons. The van der Waals surface area contributed by atoms with Gasteiger partial charge in [-0.25, -0.2) is 0 Å². The van der Waals surface area contributed by atoms with E-state index in [2.05, 4.69) is 9.88 Å². The molecule has 30 heavy (non-hydrogen) atoms. The van der Waals surface area contributed by atoms with Crippen LogP contribution in [-0.4, -0.2) is 34.0 Å². The summed E-state index contributed by atoms with van der Waals surface area (Å²) in [6.45, 7) is 2.39. The zero-order valence-electron chi connectivity index (χ0n) is 16.7. The van der Waals surface area contributed by atoms with Gasteiger partial charge in [-0.3, -0.25) is 19.5 Å². The van der Waals surface area contributed by atoms with E-state index >= 15 is 0 Å². The Kier molecular flexibility index (Phi) is 5.81. The number of carbonyl (C=O) groups excluding carboxylic acids is 1. The van der Waals surface area contributed by atoms with Gasteiger partial charge in [-0.2, -0.15) is 0 Å². The Morgan fingerprint density at radius 2 is 2.00 bits per heavy atom. The van der Waals surface area contributed by atoms with E-state index < -0.39 is 23.0 Å². The Balaban J connectivity index is 1.75. The first-order chi connectivity index (χ1) is 14.5. The number of nitrogens with two attached hydrogens (primary N) is 1. The minimum atomic E-state index is -0.666. The molecule has 0 unspecified atom stereocenters. The average molecular weight is 407 g/mol. The van der Waals surface area contributed by atoms with Crippen molar-refractivity contribution in [1.29, 1.82) is 0 Å². The second-order valence-electron chi connectivity index (χ2n) is 7.81. The summed E-state index contributed by atoms with van der Waals surface area (Å²) >= 11 is 0. The van der Waals surface area contributed by atoms with Crippen LogP contribution >= 0.6 is 0 Å². The molecule has 0 spiro atoms. The number of pyridine rings is 1. The largest absolute Gasteiger partial charge is 0.502 e. The summed E-state index contributed by atoms with van der Waals surface area (Å²) in [5.74, 6) is -1.13. The monoisotopic (exact) mass is 407 g/mol. The van der Waals surface area contributed by atoms with Crippen LogP contribution < -0.4 is 11.2 Å². The average Bonchev–Trinajstić information content (AvgIpc) is 2.75. The number of carbonyl (C=O) groups is 1. The first-order valence-electron chi connectivity index (χ1n) is 10.2. The van der Waals surface area contributed by atoms with Gasteiger partial charge in [-0.05, 0) is 49.7 Å². The highest BCUT2D eigenvalue weighted by Gasteiger charge is 2.26. The molecular weight excluding hydrogens is 382 g/mol. The molecule has 0 saturated carbocycles. The Morgan fingerprint density at radius 1 is 1.20 bits per heavy atom. The van der Waals surface area contributed by atoms with Gasteiger partial charge in [0.15, 0.2) is 5.76 Å². The molecule has 0 aliphatic carbocycles. The van der Waals surface area contributed by atoms with Crippen molar-refractivity contribution in [1.82, 2.24) is 9.88 Å². The van der Waals surface area contributed by atoms with E-state index in [1.54, 1.807) is 6.20 Å². The number of hydrogen-bond donors (Lipinski definition) is 2. The summed E-state index contributed by atoms with van der Waals surface area (Å²) in [5, 5.41) is 11.4. The fraction of sp³-hybridized carbons (Fsp3) is 0.348. The van der Waals surface area contributed by atoms with E-state index in [4.69, 9.17) is 10.2 Å².